The van der Waals surface area contributed by atoms with Gasteiger partial charge in [-0.1, -0.05) is 12.1 Å². The highest BCUT2D eigenvalue weighted by atomic mass is 32.1. The molecule has 0 spiro atoms. The molecule has 0 saturated carbocycles. The third kappa shape index (κ3) is 5.93. The molecule has 0 unspecified atom stereocenters. The molecule has 158 valence electrons. The van der Waals surface area contributed by atoms with E-state index in [0.717, 1.165) is 37.1 Å². The van der Waals surface area contributed by atoms with Gasteiger partial charge in [0.05, 0.1) is 13.3 Å². The molecule has 8 heteroatoms. The molecule has 1 aliphatic heterocycles. The van der Waals surface area contributed by atoms with Gasteiger partial charge in [0, 0.05) is 18.7 Å². The van der Waals surface area contributed by atoms with Crippen molar-refractivity contribution in [3.05, 3.63) is 59.2 Å². The number of hydrazone groups is 1. The molecule has 0 atom stereocenters. The van der Waals surface area contributed by atoms with Crippen molar-refractivity contribution in [1.29, 1.82) is 0 Å². The number of methoxy groups -OCH3 is 1. The number of carbonyl (C=O) groups is 1. The van der Waals surface area contributed by atoms with Crippen LogP contribution in [0.5, 0.6) is 11.5 Å². The monoisotopic (exact) mass is 426 g/mol. The van der Waals surface area contributed by atoms with Crippen molar-refractivity contribution in [2.24, 2.45) is 10.8 Å². The summed E-state index contributed by atoms with van der Waals surface area (Å²) in [7, 11) is 1.58. The molecule has 1 fully saturated rings. The third-order valence-corrected chi connectivity index (χ3v) is 4.91. The maximum Gasteiger partial charge on any atom is 0.253 e. The largest absolute Gasteiger partial charge is 0.493 e. The molecule has 0 aromatic heterocycles. The van der Waals surface area contributed by atoms with E-state index < -0.39 is 0 Å². The number of hydrogen-bond acceptors (Lipinski definition) is 5. The van der Waals surface area contributed by atoms with Gasteiger partial charge in [-0.3, -0.25) is 10.2 Å². The molecule has 2 aromatic rings. The van der Waals surface area contributed by atoms with E-state index in [4.69, 9.17) is 27.4 Å². The van der Waals surface area contributed by atoms with Crippen molar-refractivity contribution in [1.82, 2.24) is 10.3 Å². The Balaban J connectivity index is 1.60. The minimum absolute atomic E-state index is 0.0989. The summed E-state index contributed by atoms with van der Waals surface area (Å²) in [5, 5.41) is 4.03. The number of piperidine rings is 1. The van der Waals surface area contributed by atoms with E-state index >= 15 is 0 Å². The molecule has 1 amide bonds. The number of nitrogens with zero attached hydrogens (tertiary/aromatic N) is 2. The number of hydrogen-bond donors (Lipinski definition) is 2. The van der Waals surface area contributed by atoms with Crippen LogP contribution in [-0.4, -0.2) is 42.3 Å². The van der Waals surface area contributed by atoms with Crippen molar-refractivity contribution < 1.29 is 14.3 Å². The Bertz CT molecular complexity index is 909. The predicted octanol–water partition coefficient (Wildman–Crippen LogP) is 3.07. The van der Waals surface area contributed by atoms with Crippen LogP contribution >= 0.6 is 12.2 Å². The first-order valence-electron chi connectivity index (χ1n) is 9.84. The molecule has 3 rings (SSSR count). The first kappa shape index (κ1) is 21.6. The smallest absolute Gasteiger partial charge is 0.253 e. The van der Waals surface area contributed by atoms with Gasteiger partial charge >= 0.3 is 0 Å². The fourth-order valence-electron chi connectivity index (χ4n) is 3.24. The Kier molecular flexibility index (Phi) is 7.62. The fraction of sp³-hybridized carbons (Fsp3) is 0.318. The highest BCUT2D eigenvalue weighted by Gasteiger charge is 2.17. The van der Waals surface area contributed by atoms with Gasteiger partial charge in [0.1, 0.15) is 6.61 Å². The zero-order valence-electron chi connectivity index (χ0n) is 17.0. The van der Waals surface area contributed by atoms with E-state index in [0.29, 0.717) is 23.7 Å². The van der Waals surface area contributed by atoms with Crippen LogP contribution in [-0.2, 0) is 6.61 Å². The predicted molar refractivity (Wildman–Crippen MR) is 121 cm³/mol. The maximum absolute atomic E-state index is 12.6. The molecule has 2 aromatic carbocycles. The first-order chi connectivity index (χ1) is 14.6. The topological polar surface area (TPSA) is 89.2 Å². The number of benzene rings is 2. The average Bonchev–Trinajstić information content (AvgIpc) is 2.78. The lowest BCUT2D eigenvalue weighted by molar-refractivity contribution is 0.0724. The Hall–Kier alpha value is -3.13. The molecule has 7 nitrogen and oxygen atoms in total. The zero-order valence-corrected chi connectivity index (χ0v) is 17.8. The molecule has 1 saturated heterocycles. The van der Waals surface area contributed by atoms with Crippen LogP contribution in [0.2, 0.25) is 0 Å². The summed E-state index contributed by atoms with van der Waals surface area (Å²) < 4.78 is 11.3. The lowest BCUT2D eigenvalue weighted by Gasteiger charge is -2.26. The highest BCUT2D eigenvalue weighted by molar-refractivity contribution is 7.80. The van der Waals surface area contributed by atoms with E-state index in [2.05, 4.69) is 10.5 Å². The quantitative estimate of drug-likeness (QED) is 0.402. The summed E-state index contributed by atoms with van der Waals surface area (Å²) in [5.74, 6) is 1.31. The second-order valence-corrected chi connectivity index (χ2v) is 7.42. The van der Waals surface area contributed by atoms with Crippen molar-refractivity contribution in [2.75, 3.05) is 20.2 Å². The highest BCUT2D eigenvalue weighted by Crippen LogP contribution is 2.28. The van der Waals surface area contributed by atoms with Gasteiger partial charge in [0.15, 0.2) is 16.6 Å². The van der Waals surface area contributed by atoms with Crippen molar-refractivity contribution >= 4 is 29.5 Å². The lowest BCUT2D eigenvalue weighted by atomic mass is 10.1. The number of ether oxygens (including phenoxy) is 2. The molecule has 0 bridgehead atoms. The standard InChI is InChI=1S/C22H26N4O3S/c1-28-20-13-17(14-24-25-22(23)30)7-10-19(20)29-15-16-5-8-18(9-6-16)21(27)26-11-3-2-4-12-26/h5-10,13-14H,2-4,11-12,15H2,1H3,(H3,23,25,30)/b24-14-. The summed E-state index contributed by atoms with van der Waals surface area (Å²) in [6.07, 6.45) is 4.96. The lowest BCUT2D eigenvalue weighted by Crippen LogP contribution is -2.35. The van der Waals surface area contributed by atoms with E-state index in [1.807, 2.05) is 41.3 Å². The summed E-state index contributed by atoms with van der Waals surface area (Å²) in [5.41, 5.74) is 10.3. The second kappa shape index (κ2) is 10.6. The third-order valence-electron chi connectivity index (χ3n) is 4.81. The molecule has 30 heavy (non-hydrogen) atoms. The molecular weight excluding hydrogens is 400 g/mol. The minimum Gasteiger partial charge on any atom is -0.493 e. The van der Waals surface area contributed by atoms with E-state index in [1.54, 1.807) is 19.4 Å². The number of rotatable bonds is 7. The van der Waals surface area contributed by atoms with E-state index in [1.165, 1.54) is 6.42 Å². The fourth-order valence-corrected chi connectivity index (χ4v) is 3.29. The van der Waals surface area contributed by atoms with Crippen molar-refractivity contribution in [2.45, 2.75) is 25.9 Å². The number of carbonyl (C=O) groups excluding carboxylic acids is 1. The summed E-state index contributed by atoms with van der Waals surface area (Å²) in [4.78, 5) is 14.5. The van der Waals surface area contributed by atoms with Gasteiger partial charge in [-0.15, -0.1) is 0 Å². The Morgan fingerprint density at radius 2 is 1.90 bits per heavy atom. The van der Waals surface area contributed by atoms with Gasteiger partial charge in [0.25, 0.3) is 5.91 Å². The molecule has 1 aliphatic rings. The molecule has 1 heterocycles. The minimum atomic E-state index is 0.0989. The summed E-state index contributed by atoms with van der Waals surface area (Å²) in [6, 6.07) is 13.0. The van der Waals surface area contributed by atoms with Crippen LogP contribution in [0, 0.1) is 0 Å². The van der Waals surface area contributed by atoms with Crippen LogP contribution in [0.15, 0.2) is 47.6 Å². The zero-order chi connectivity index (χ0) is 21.3. The van der Waals surface area contributed by atoms with Crippen LogP contribution in [0.1, 0.15) is 40.7 Å². The number of likely N-dealkylation sites (tertiary alicyclic amines) is 1. The SMILES string of the molecule is COc1cc(/C=N\NC(N)=S)ccc1OCc1ccc(C(=O)N2CCCCC2)cc1. The summed E-state index contributed by atoms with van der Waals surface area (Å²) >= 11 is 4.70. The second-order valence-electron chi connectivity index (χ2n) is 6.98. The number of amides is 1. The Labute approximate surface area is 181 Å². The van der Waals surface area contributed by atoms with Gasteiger partial charge in [-0.2, -0.15) is 5.10 Å². The molecule has 0 aliphatic carbocycles. The van der Waals surface area contributed by atoms with E-state index in [9.17, 15) is 4.79 Å². The Morgan fingerprint density at radius 3 is 2.57 bits per heavy atom. The van der Waals surface area contributed by atoms with Gasteiger partial charge in [-0.05, 0) is 72.9 Å². The first-order valence-corrected chi connectivity index (χ1v) is 10.2. The van der Waals surface area contributed by atoms with Crippen LogP contribution in [0.25, 0.3) is 0 Å². The van der Waals surface area contributed by atoms with Gasteiger partial charge in [-0.25, -0.2) is 0 Å². The molecule has 0 radical (unpaired) electrons. The number of thiocarbonyl (C=S) groups is 1. The van der Waals surface area contributed by atoms with Crippen LogP contribution in [0.3, 0.4) is 0 Å². The molecular formula is C22H26N4O3S. The van der Waals surface area contributed by atoms with Gasteiger partial charge < -0.3 is 20.1 Å². The normalized spacial score (nSPS) is 13.8. The van der Waals surface area contributed by atoms with Crippen molar-refractivity contribution in [3.8, 4) is 11.5 Å². The number of nitrogens with two attached hydrogens (primary N) is 1. The average molecular weight is 427 g/mol. The van der Waals surface area contributed by atoms with Crippen LogP contribution in [0.4, 0.5) is 0 Å². The van der Waals surface area contributed by atoms with E-state index in [-0.39, 0.29) is 11.0 Å². The maximum atomic E-state index is 12.6. The van der Waals surface area contributed by atoms with Gasteiger partial charge in [0.2, 0.25) is 0 Å². The number of nitrogens with one attached hydrogen (secondary N) is 1. The Morgan fingerprint density at radius 1 is 1.17 bits per heavy atom. The summed E-state index contributed by atoms with van der Waals surface area (Å²) in [6.45, 7) is 2.06. The van der Waals surface area contributed by atoms with Crippen LogP contribution < -0.4 is 20.6 Å². The molecule has 3 N–H and O–H groups in total. The van der Waals surface area contributed by atoms with Crippen molar-refractivity contribution in [3.63, 3.8) is 0 Å².